The summed E-state index contributed by atoms with van der Waals surface area (Å²) in [6.07, 6.45) is 3.38. The van der Waals surface area contributed by atoms with Crippen LogP contribution in [0.1, 0.15) is 11.4 Å². The molecular weight excluding hydrogens is 252 g/mol. The van der Waals surface area contributed by atoms with Gasteiger partial charge in [0.1, 0.15) is 11.6 Å². The number of aromatic nitrogens is 2. The molecule has 0 saturated heterocycles. The van der Waals surface area contributed by atoms with E-state index in [2.05, 4.69) is 9.97 Å². The van der Waals surface area contributed by atoms with Crippen molar-refractivity contribution in [2.45, 2.75) is 0 Å². The highest BCUT2D eigenvalue weighted by Crippen LogP contribution is 2.18. The van der Waals surface area contributed by atoms with Crippen molar-refractivity contribution in [3.63, 3.8) is 0 Å². The number of rotatable bonds is 2. The van der Waals surface area contributed by atoms with E-state index in [1.165, 1.54) is 0 Å². The molecule has 0 saturated carbocycles. The normalized spacial score (nSPS) is 11.2. The minimum Gasteiger partial charge on any atom is -0.507 e. The topological polar surface area (TPSA) is 66.0 Å². The highest BCUT2D eigenvalue weighted by Gasteiger charge is 2.01. The molecule has 1 aromatic heterocycles. The second-order valence-electron chi connectivity index (χ2n) is 4.36. The van der Waals surface area contributed by atoms with Crippen LogP contribution >= 0.6 is 0 Å². The number of nitrogens with one attached hydrogen (secondary N) is 1. The van der Waals surface area contributed by atoms with Gasteiger partial charge in [0.2, 0.25) is 0 Å². The first-order valence-corrected chi connectivity index (χ1v) is 6.19. The minimum absolute atomic E-state index is 0.174. The van der Waals surface area contributed by atoms with Gasteiger partial charge in [0.05, 0.1) is 10.9 Å². The molecule has 0 bridgehead atoms. The van der Waals surface area contributed by atoms with Crippen LogP contribution in [0, 0.1) is 0 Å². The molecule has 1 heterocycles. The van der Waals surface area contributed by atoms with Gasteiger partial charge in [0.25, 0.3) is 5.56 Å². The molecule has 3 rings (SSSR count). The Morgan fingerprint density at radius 2 is 1.75 bits per heavy atom. The van der Waals surface area contributed by atoms with Crippen molar-refractivity contribution in [1.82, 2.24) is 9.97 Å². The smallest absolute Gasteiger partial charge is 0.259 e. The summed E-state index contributed by atoms with van der Waals surface area (Å²) < 4.78 is 0. The van der Waals surface area contributed by atoms with E-state index in [-0.39, 0.29) is 11.3 Å². The van der Waals surface area contributed by atoms with Gasteiger partial charge < -0.3 is 10.1 Å². The summed E-state index contributed by atoms with van der Waals surface area (Å²) in [5.41, 5.74) is 1.14. The summed E-state index contributed by atoms with van der Waals surface area (Å²) in [5, 5.41) is 10.2. The summed E-state index contributed by atoms with van der Waals surface area (Å²) in [6, 6.07) is 14.1. The van der Waals surface area contributed by atoms with Gasteiger partial charge in [-0.1, -0.05) is 30.3 Å². The molecule has 0 fully saturated rings. The van der Waals surface area contributed by atoms with Crippen molar-refractivity contribution in [1.29, 1.82) is 0 Å². The maximum Gasteiger partial charge on any atom is 0.259 e. The van der Waals surface area contributed by atoms with Crippen LogP contribution in [0.2, 0.25) is 0 Å². The average molecular weight is 264 g/mol. The summed E-state index contributed by atoms with van der Waals surface area (Å²) in [6.45, 7) is 0. The summed E-state index contributed by atoms with van der Waals surface area (Å²) in [4.78, 5) is 19.0. The number of aromatic hydroxyl groups is 1. The summed E-state index contributed by atoms with van der Waals surface area (Å²) >= 11 is 0. The Hall–Kier alpha value is -2.88. The number of fused-ring (bicyclic) bond motifs is 1. The van der Waals surface area contributed by atoms with Gasteiger partial charge in [-0.3, -0.25) is 4.79 Å². The van der Waals surface area contributed by atoms with Crippen molar-refractivity contribution >= 4 is 23.1 Å². The fourth-order valence-electron chi connectivity index (χ4n) is 1.98. The van der Waals surface area contributed by atoms with E-state index in [9.17, 15) is 9.90 Å². The van der Waals surface area contributed by atoms with E-state index in [0.717, 1.165) is 0 Å². The molecule has 0 amide bonds. The number of hydrogen-bond acceptors (Lipinski definition) is 3. The lowest BCUT2D eigenvalue weighted by atomic mass is 10.2. The Kier molecular flexibility index (Phi) is 3.05. The molecule has 0 aliphatic rings. The molecule has 3 aromatic rings. The SMILES string of the molecule is O=c1[nH]c(C=Cc2ccccc2O)nc2ccccc12. The molecule has 98 valence electrons. The number of aromatic amines is 1. The third-order valence-corrected chi connectivity index (χ3v) is 2.99. The maximum atomic E-state index is 11.9. The fourth-order valence-corrected chi connectivity index (χ4v) is 1.98. The second-order valence-corrected chi connectivity index (χ2v) is 4.36. The lowest BCUT2D eigenvalue weighted by Gasteiger charge is -1.99. The number of H-pyrrole nitrogens is 1. The third-order valence-electron chi connectivity index (χ3n) is 2.99. The maximum absolute atomic E-state index is 11.9. The highest BCUT2D eigenvalue weighted by molar-refractivity contribution is 5.79. The van der Waals surface area contributed by atoms with Crippen LogP contribution in [-0.4, -0.2) is 15.1 Å². The van der Waals surface area contributed by atoms with E-state index in [0.29, 0.717) is 22.3 Å². The van der Waals surface area contributed by atoms with Crippen molar-refractivity contribution in [3.05, 3.63) is 70.3 Å². The number of hydrogen-bond donors (Lipinski definition) is 2. The van der Waals surface area contributed by atoms with Gasteiger partial charge in [0.15, 0.2) is 0 Å². The molecule has 0 unspecified atom stereocenters. The molecule has 2 N–H and O–H groups in total. The van der Waals surface area contributed by atoms with Crippen molar-refractivity contribution < 1.29 is 5.11 Å². The molecule has 4 nitrogen and oxygen atoms in total. The van der Waals surface area contributed by atoms with Gasteiger partial charge in [-0.15, -0.1) is 0 Å². The van der Waals surface area contributed by atoms with Gasteiger partial charge in [-0.2, -0.15) is 0 Å². The van der Waals surface area contributed by atoms with Gasteiger partial charge in [0, 0.05) is 5.56 Å². The van der Waals surface area contributed by atoms with Crippen molar-refractivity contribution in [2.24, 2.45) is 0 Å². The quantitative estimate of drug-likeness (QED) is 0.748. The molecule has 20 heavy (non-hydrogen) atoms. The standard InChI is InChI=1S/C16H12N2O2/c19-14-8-4-1-5-11(14)9-10-15-17-13-7-3-2-6-12(13)16(20)18-15/h1-10,19H,(H,17,18,20). The fraction of sp³-hybridized carbons (Fsp3) is 0. The Bertz CT molecular complexity index is 850. The number of nitrogens with zero attached hydrogens (tertiary/aromatic N) is 1. The number of para-hydroxylation sites is 2. The van der Waals surface area contributed by atoms with Gasteiger partial charge in [-0.25, -0.2) is 4.98 Å². The van der Waals surface area contributed by atoms with Crippen LogP contribution in [0.3, 0.4) is 0 Å². The molecule has 0 radical (unpaired) electrons. The highest BCUT2D eigenvalue weighted by atomic mass is 16.3. The van der Waals surface area contributed by atoms with E-state index in [4.69, 9.17) is 0 Å². The number of phenols is 1. The van der Waals surface area contributed by atoms with Crippen LogP contribution in [-0.2, 0) is 0 Å². The minimum atomic E-state index is -0.174. The lowest BCUT2D eigenvalue weighted by Crippen LogP contribution is -2.09. The first-order chi connectivity index (χ1) is 9.74. The van der Waals surface area contributed by atoms with E-state index in [1.807, 2.05) is 12.1 Å². The van der Waals surface area contributed by atoms with Crippen molar-refractivity contribution in [2.75, 3.05) is 0 Å². The van der Waals surface area contributed by atoms with E-state index in [1.54, 1.807) is 48.6 Å². The Labute approximate surface area is 115 Å². The zero-order valence-corrected chi connectivity index (χ0v) is 10.6. The van der Waals surface area contributed by atoms with Crippen LogP contribution in [0.15, 0.2) is 53.3 Å². The van der Waals surface area contributed by atoms with Crippen LogP contribution in [0.25, 0.3) is 23.1 Å². The number of phenolic OH excluding ortho intramolecular Hbond substituents is 1. The lowest BCUT2D eigenvalue weighted by molar-refractivity contribution is 0.474. The van der Waals surface area contributed by atoms with Crippen molar-refractivity contribution in [3.8, 4) is 5.75 Å². The Morgan fingerprint density at radius 1 is 1.00 bits per heavy atom. The predicted molar refractivity (Wildman–Crippen MR) is 79.4 cm³/mol. The van der Waals surface area contributed by atoms with E-state index < -0.39 is 0 Å². The largest absolute Gasteiger partial charge is 0.507 e. The van der Waals surface area contributed by atoms with Crippen LogP contribution in [0.5, 0.6) is 5.75 Å². The number of benzene rings is 2. The van der Waals surface area contributed by atoms with Gasteiger partial charge >= 0.3 is 0 Å². The molecule has 0 atom stereocenters. The van der Waals surface area contributed by atoms with E-state index >= 15 is 0 Å². The average Bonchev–Trinajstić information content (AvgIpc) is 2.46. The monoisotopic (exact) mass is 264 g/mol. The van der Waals surface area contributed by atoms with Crippen LogP contribution in [0.4, 0.5) is 0 Å². The van der Waals surface area contributed by atoms with Gasteiger partial charge in [-0.05, 0) is 30.4 Å². The Balaban J connectivity index is 2.04. The summed E-state index contributed by atoms with van der Waals surface area (Å²) in [5.74, 6) is 0.642. The molecular formula is C16H12N2O2. The predicted octanol–water partition coefficient (Wildman–Crippen LogP) is 2.80. The third kappa shape index (κ3) is 2.31. The molecule has 0 aliphatic carbocycles. The zero-order valence-electron chi connectivity index (χ0n) is 10.6. The molecule has 2 aromatic carbocycles. The zero-order chi connectivity index (χ0) is 13.9. The second kappa shape index (κ2) is 5.01. The molecule has 4 heteroatoms. The van der Waals surface area contributed by atoms with Crippen LogP contribution < -0.4 is 5.56 Å². The first kappa shape index (κ1) is 12.2. The summed E-state index contributed by atoms with van der Waals surface area (Å²) in [7, 11) is 0. The Morgan fingerprint density at radius 3 is 2.60 bits per heavy atom. The first-order valence-electron chi connectivity index (χ1n) is 6.19. The molecule has 0 spiro atoms. The molecule has 0 aliphatic heterocycles.